The van der Waals surface area contributed by atoms with Crippen LogP contribution in [0.2, 0.25) is 0 Å². The number of hydrogen-bond acceptors (Lipinski definition) is 3. The van der Waals surface area contributed by atoms with Gasteiger partial charge in [0.2, 0.25) is 0 Å². The van der Waals surface area contributed by atoms with E-state index >= 15 is 0 Å². The standard InChI is InChI=1S/C19H24N4/c1-14-17-13-23(3)15(2)18(17)19(22-21-14)20-12-8-7-11-16-9-5-4-6-10-16/h4-6,9-10,13H,7-8,11-12H2,1-3H3,(H,20,22). The van der Waals surface area contributed by atoms with Crippen molar-refractivity contribution in [1.82, 2.24) is 14.8 Å². The van der Waals surface area contributed by atoms with Crippen molar-refractivity contribution >= 4 is 16.6 Å². The Morgan fingerprint density at radius 3 is 2.61 bits per heavy atom. The second-order valence-electron chi connectivity index (χ2n) is 6.12. The van der Waals surface area contributed by atoms with Gasteiger partial charge in [0.15, 0.2) is 5.82 Å². The number of aromatic nitrogens is 3. The van der Waals surface area contributed by atoms with E-state index in [1.165, 1.54) is 28.5 Å². The molecular formula is C19H24N4. The summed E-state index contributed by atoms with van der Waals surface area (Å²) in [6, 6.07) is 10.6. The Labute approximate surface area is 137 Å². The van der Waals surface area contributed by atoms with Crippen molar-refractivity contribution in [3.63, 3.8) is 0 Å². The van der Waals surface area contributed by atoms with Crippen LogP contribution in [0.15, 0.2) is 36.5 Å². The van der Waals surface area contributed by atoms with E-state index in [-0.39, 0.29) is 0 Å². The number of unbranched alkanes of at least 4 members (excludes halogenated alkanes) is 1. The highest BCUT2D eigenvalue weighted by molar-refractivity contribution is 5.95. The molecule has 0 aliphatic rings. The van der Waals surface area contributed by atoms with Crippen LogP contribution >= 0.6 is 0 Å². The Balaban J connectivity index is 1.60. The zero-order chi connectivity index (χ0) is 16.2. The zero-order valence-electron chi connectivity index (χ0n) is 14.1. The monoisotopic (exact) mass is 308 g/mol. The predicted octanol–water partition coefficient (Wildman–Crippen LogP) is 4.02. The van der Waals surface area contributed by atoms with Crippen molar-refractivity contribution in [3.05, 3.63) is 53.5 Å². The van der Waals surface area contributed by atoms with E-state index in [0.29, 0.717) is 0 Å². The number of benzene rings is 1. The molecule has 2 heterocycles. The van der Waals surface area contributed by atoms with Gasteiger partial charge in [-0.2, -0.15) is 5.10 Å². The van der Waals surface area contributed by atoms with E-state index in [0.717, 1.165) is 30.9 Å². The summed E-state index contributed by atoms with van der Waals surface area (Å²) in [6.45, 7) is 5.07. The van der Waals surface area contributed by atoms with Crippen molar-refractivity contribution in [2.75, 3.05) is 11.9 Å². The van der Waals surface area contributed by atoms with Crippen molar-refractivity contribution in [1.29, 1.82) is 0 Å². The van der Waals surface area contributed by atoms with Gasteiger partial charge in [-0.3, -0.25) is 0 Å². The van der Waals surface area contributed by atoms with Crippen molar-refractivity contribution in [3.8, 4) is 0 Å². The van der Waals surface area contributed by atoms with E-state index in [4.69, 9.17) is 0 Å². The molecule has 0 saturated heterocycles. The molecule has 4 nitrogen and oxygen atoms in total. The lowest BCUT2D eigenvalue weighted by Gasteiger charge is -2.08. The third-order valence-electron chi connectivity index (χ3n) is 4.44. The first-order chi connectivity index (χ1) is 11.2. The molecule has 3 aromatic rings. The maximum atomic E-state index is 4.36. The summed E-state index contributed by atoms with van der Waals surface area (Å²) >= 11 is 0. The van der Waals surface area contributed by atoms with E-state index < -0.39 is 0 Å². The molecule has 0 unspecified atom stereocenters. The topological polar surface area (TPSA) is 42.7 Å². The zero-order valence-corrected chi connectivity index (χ0v) is 14.1. The molecule has 0 atom stereocenters. The van der Waals surface area contributed by atoms with Gasteiger partial charge in [-0.1, -0.05) is 30.3 Å². The lowest BCUT2D eigenvalue weighted by molar-refractivity contribution is 0.760. The van der Waals surface area contributed by atoms with E-state index in [9.17, 15) is 0 Å². The number of anilines is 1. The van der Waals surface area contributed by atoms with Crippen LogP contribution in [0.4, 0.5) is 5.82 Å². The smallest absolute Gasteiger partial charge is 0.158 e. The maximum absolute atomic E-state index is 4.36. The molecule has 2 aromatic heterocycles. The summed E-state index contributed by atoms with van der Waals surface area (Å²) in [7, 11) is 2.07. The van der Waals surface area contributed by atoms with Crippen molar-refractivity contribution < 1.29 is 0 Å². The number of aryl methyl sites for hydroxylation is 4. The molecular weight excluding hydrogens is 284 g/mol. The second kappa shape index (κ2) is 6.82. The molecule has 0 bridgehead atoms. The summed E-state index contributed by atoms with van der Waals surface area (Å²) in [5, 5.41) is 14.5. The molecule has 1 aromatic carbocycles. The Morgan fingerprint density at radius 1 is 1.04 bits per heavy atom. The largest absolute Gasteiger partial charge is 0.368 e. The van der Waals surface area contributed by atoms with Gasteiger partial charge >= 0.3 is 0 Å². The molecule has 120 valence electrons. The Kier molecular flexibility index (Phi) is 4.60. The Hall–Kier alpha value is -2.36. The van der Waals surface area contributed by atoms with Gasteiger partial charge in [0, 0.05) is 36.3 Å². The van der Waals surface area contributed by atoms with Crippen LogP contribution in [0.25, 0.3) is 10.8 Å². The first kappa shape index (κ1) is 15.5. The predicted molar refractivity (Wildman–Crippen MR) is 95.9 cm³/mol. The maximum Gasteiger partial charge on any atom is 0.158 e. The molecule has 1 N–H and O–H groups in total. The Bertz CT molecular complexity index is 790. The summed E-state index contributed by atoms with van der Waals surface area (Å²) in [5.41, 5.74) is 3.62. The van der Waals surface area contributed by atoms with Crippen molar-refractivity contribution in [2.45, 2.75) is 33.1 Å². The molecule has 0 fully saturated rings. The van der Waals surface area contributed by atoms with E-state index in [1.807, 2.05) is 6.92 Å². The molecule has 0 radical (unpaired) electrons. The van der Waals surface area contributed by atoms with Gasteiger partial charge in [0.05, 0.1) is 5.69 Å². The van der Waals surface area contributed by atoms with Crippen LogP contribution in [0.5, 0.6) is 0 Å². The molecule has 0 aliphatic carbocycles. The summed E-state index contributed by atoms with van der Waals surface area (Å²) in [4.78, 5) is 0. The molecule has 4 heteroatoms. The fourth-order valence-corrected chi connectivity index (χ4v) is 2.96. The number of hydrogen-bond donors (Lipinski definition) is 1. The molecule has 0 amide bonds. The van der Waals surface area contributed by atoms with Gasteiger partial charge in [0.1, 0.15) is 0 Å². The number of rotatable bonds is 6. The highest BCUT2D eigenvalue weighted by Gasteiger charge is 2.12. The molecule has 0 aliphatic heterocycles. The normalized spacial score (nSPS) is 11.1. The van der Waals surface area contributed by atoms with Crippen LogP contribution in [0.1, 0.15) is 29.8 Å². The fraction of sp³-hybridized carbons (Fsp3) is 0.368. The fourth-order valence-electron chi connectivity index (χ4n) is 2.96. The molecule has 0 saturated carbocycles. The highest BCUT2D eigenvalue weighted by atomic mass is 15.2. The van der Waals surface area contributed by atoms with Crippen LogP contribution in [0, 0.1) is 13.8 Å². The highest BCUT2D eigenvalue weighted by Crippen LogP contribution is 2.27. The SMILES string of the molecule is Cc1nnc(NCCCCc2ccccc2)c2c(C)n(C)cc12. The quantitative estimate of drug-likeness (QED) is 0.699. The number of nitrogens with one attached hydrogen (secondary N) is 1. The first-order valence-electron chi connectivity index (χ1n) is 8.23. The van der Waals surface area contributed by atoms with Crippen molar-refractivity contribution in [2.24, 2.45) is 7.05 Å². The minimum Gasteiger partial charge on any atom is -0.368 e. The van der Waals surface area contributed by atoms with Gasteiger partial charge in [-0.25, -0.2) is 0 Å². The van der Waals surface area contributed by atoms with E-state index in [1.54, 1.807) is 0 Å². The summed E-state index contributed by atoms with van der Waals surface area (Å²) in [5.74, 6) is 0.906. The lowest BCUT2D eigenvalue weighted by atomic mass is 10.1. The average Bonchev–Trinajstić information content (AvgIpc) is 2.87. The van der Waals surface area contributed by atoms with Gasteiger partial charge in [-0.15, -0.1) is 5.10 Å². The van der Waals surface area contributed by atoms with Crippen LogP contribution in [0.3, 0.4) is 0 Å². The van der Waals surface area contributed by atoms with Crippen LogP contribution in [-0.4, -0.2) is 21.3 Å². The van der Waals surface area contributed by atoms with Gasteiger partial charge < -0.3 is 9.88 Å². The van der Waals surface area contributed by atoms with Crippen LogP contribution < -0.4 is 5.32 Å². The van der Waals surface area contributed by atoms with E-state index in [2.05, 4.69) is 70.6 Å². The van der Waals surface area contributed by atoms with Gasteiger partial charge in [-0.05, 0) is 38.7 Å². The Morgan fingerprint density at radius 2 is 1.83 bits per heavy atom. The lowest BCUT2D eigenvalue weighted by Crippen LogP contribution is -2.06. The number of fused-ring (bicyclic) bond motifs is 1. The summed E-state index contributed by atoms with van der Waals surface area (Å²) < 4.78 is 2.14. The minimum absolute atomic E-state index is 0.906. The second-order valence-corrected chi connectivity index (χ2v) is 6.12. The van der Waals surface area contributed by atoms with Crippen LogP contribution in [-0.2, 0) is 13.5 Å². The first-order valence-corrected chi connectivity index (χ1v) is 8.23. The molecule has 0 spiro atoms. The number of nitrogens with zero attached hydrogens (tertiary/aromatic N) is 3. The molecule has 23 heavy (non-hydrogen) atoms. The van der Waals surface area contributed by atoms with Gasteiger partial charge in [0.25, 0.3) is 0 Å². The third-order valence-corrected chi connectivity index (χ3v) is 4.44. The average molecular weight is 308 g/mol. The molecule has 3 rings (SSSR count). The third kappa shape index (κ3) is 3.36. The summed E-state index contributed by atoms with van der Waals surface area (Å²) in [6.07, 6.45) is 5.56. The minimum atomic E-state index is 0.906.